The molecule has 0 aliphatic heterocycles. The molecule has 13 nitrogen and oxygen atoms in total. The van der Waals surface area contributed by atoms with Crippen LogP contribution >= 0.6 is 0 Å². The van der Waals surface area contributed by atoms with E-state index in [4.69, 9.17) is 9.15 Å². The van der Waals surface area contributed by atoms with Gasteiger partial charge in [-0.3, -0.25) is 25.0 Å². The maximum Gasteiger partial charge on any atom is 0.416 e. The van der Waals surface area contributed by atoms with E-state index in [2.05, 4.69) is 0 Å². The van der Waals surface area contributed by atoms with Crippen molar-refractivity contribution in [3.63, 3.8) is 0 Å². The molecule has 16 heteroatoms. The number of benzene rings is 3. The average molecular weight is 536 g/mol. The molecule has 0 bridgehead atoms. The largest absolute Gasteiger partial charge is 0.508 e. The lowest BCUT2D eigenvalue weighted by Crippen LogP contribution is -2.08. The second kappa shape index (κ2) is 8.84. The summed E-state index contributed by atoms with van der Waals surface area (Å²) in [5, 5.41) is 62.5. The van der Waals surface area contributed by atoms with Crippen LogP contribution < -0.4 is 10.2 Å². The van der Waals surface area contributed by atoms with E-state index in [0.717, 1.165) is 30.3 Å². The third kappa shape index (κ3) is 4.41. The summed E-state index contributed by atoms with van der Waals surface area (Å²) in [7, 11) is 0. The van der Waals surface area contributed by atoms with Crippen LogP contribution in [0.4, 0.5) is 24.5 Å². The number of phenols is 3. The van der Waals surface area contributed by atoms with Gasteiger partial charge in [0.25, 0.3) is 5.75 Å². The Morgan fingerprint density at radius 3 is 2.03 bits per heavy atom. The number of nitro benzene ring substituents is 2. The lowest BCUT2D eigenvalue weighted by Gasteiger charge is -2.13. The lowest BCUT2D eigenvalue weighted by atomic mass is 10.1. The van der Waals surface area contributed by atoms with E-state index in [-0.39, 0.29) is 23.3 Å². The number of rotatable bonds is 5. The highest BCUT2D eigenvalue weighted by Gasteiger charge is 2.39. The van der Waals surface area contributed by atoms with Crippen LogP contribution in [-0.4, -0.2) is 30.3 Å². The minimum Gasteiger partial charge on any atom is -0.508 e. The molecule has 0 radical (unpaired) electrons. The summed E-state index contributed by atoms with van der Waals surface area (Å²) >= 11 is 0. The fraction of sp³-hybridized carbons (Fsp3) is 0.0455. The first-order valence-electron chi connectivity index (χ1n) is 9.96. The zero-order valence-corrected chi connectivity index (χ0v) is 18.2. The number of fused-ring (bicyclic) bond motifs is 1. The molecule has 0 atom stereocenters. The number of alkyl halides is 3. The second-order valence-corrected chi connectivity index (χ2v) is 7.59. The molecule has 38 heavy (non-hydrogen) atoms. The maximum absolute atomic E-state index is 13.2. The quantitative estimate of drug-likeness (QED) is 0.199. The molecule has 196 valence electrons. The molecule has 0 saturated heterocycles. The van der Waals surface area contributed by atoms with Crippen molar-refractivity contribution in [2.24, 2.45) is 0 Å². The van der Waals surface area contributed by atoms with Crippen LogP contribution in [0, 0.1) is 20.2 Å². The summed E-state index contributed by atoms with van der Waals surface area (Å²) < 4.78 is 50.0. The summed E-state index contributed by atoms with van der Waals surface area (Å²) in [6, 6.07) is 4.51. The van der Waals surface area contributed by atoms with E-state index in [0.29, 0.717) is 0 Å². The first-order valence-corrected chi connectivity index (χ1v) is 9.96. The van der Waals surface area contributed by atoms with Crippen molar-refractivity contribution in [1.82, 2.24) is 0 Å². The van der Waals surface area contributed by atoms with Gasteiger partial charge < -0.3 is 29.6 Å². The number of phenolic OH excluding ortho intramolecular Hbond substituents is 3. The molecular formula is C22H11F3N2O11. The van der Waals surface area contributed by atoms with Gasteiger partial charge in [-0.05, 0) is 18.2 Å². The van der Waals surface area contributed by atoms with Crippen molar-refractivity contribution in [1.29, 1.82) is 0 Å². The third-order valence-corrected chi connectivity index (χ3v) is 5.14. The number of ether oxygens (including phenoxy) is 1. The summed E-state index contributed by atoms with van der Waals surface area (Å²) in [5.74, 6) is -5.70. The van der Waals surface area contributed by atoms with Crippen LogP contribution in [0.3, 0.4) is 0 Å². The van der Waals surface area contributed by atoms with E-state index in [9.17, 15) is 58.6 Å². The van der Waals surface area contributed by atoms with Crippen LogP contribution in [0.1, 0.15) is 5.56 Å². The number of hydrogen-bond donors (Lipinski definition) is 4. The summed E-state index contributed by atoms with van der Waals surface area (Å²) in [6.07, 6.45) is -5.18. The monoisotopic (exact) mass is 536 g/mol. The number of nitrogens with zero attached hydrogens (tertiary/aromatic N) is 2. The van der Waals surface area contributed by atoms with Crippen LogP contribution in [-0.2, 0) is 6.18 Å². The molecule has 1 aromatic heterocycles. The summed E-state index contributed by atoms with van der Waals surface area (Å²) in [6.45, 7) is 0. The van der Waals surface area contributed by atoms with E-state index in [1.807, 2.05) is 0 Å². The SMILES string of the molecule is O=c1c(O)c(-c2ccc(O)c(Oc3c([N+](=O)[O-])cc(C(F)(F)F)cc3[N+](=O)[O-])c2)oc2cc(O)cc(O)c12. The van der Waals surface area contributed by atoms with Crippen LogP contribution in [0.25, 0.3) is 22.3 Å². The Morgan fingerprint density at radius 2 is 1.47 bits per heavy atom. The fourth-order valence-electron chi connectivity index (χ4n) is 3.46. The Hall–Kier alpha value is -5.54. The van der Waals surface area contributed by atoms with Crippen molar-refractivity contribution in [3.8, 4) is 45.8 Å². The number of hydrogen-bond acceptors (Lipinski definition) is 11. The lowest BCUT2D eigenvalue weighted by molar-refractivity contribution is -0.396. The van der Waals surface area contributed by atoms with Gasteiger partial charge in [0, 0.05) is 29.8 Å². The van der Waals surface area contributed by atoms with Crippen molar-refractivity contribution >= 4 is 22.3 Å². The van der Waals surface area contributed by atoms with Gasteiger partial charge in [0.1, 0.15) is 22.5 Å². The molecule has 0 spiro atoms. The highest BCUT2D eigenvalue weighted by molar-refractivity contribution is 5.88. The van der Waals surface area contributed by atoms with E-state index < -0.39 is 84.0 Å². The fourth-order valence-corrected chi connectivity index (χ4v) is 3.46. The molecule has 0 amide bonds. The Morgan fingerprint density at radius 1 is 0.868 bits per heavy atom. The molecule has 4 aromatic rings. The number of nitro groups is 2. The topological polar surface area (TPSA) is 207 Å². The summed E-state index contributed by atoms with van der Waals surface area (Å²) in [4.78, 5) is 32.8. The van der Waals surface area contributed by atoms with Gasteiger partial charge in [-0.1, -0.05) is 0 Å². The highest BCUT2D eigenvalue weighted by Crippen LogP contribution is 2.47. The van der Waals surface area contributed by atoms with Gasteiger partial charge in [0.15, 0.2) is 17.3 Å². The smallest absolute Gasteiger partial charge is 0.416 e. The molecule has 0 aliphatic rings. The van der Waals surface area contributed by atoms with Gasteiger partial charge in [-0.2, -0.15) is 13.2 Å². The van der Waals surface area contributed by atoms with Gasteiger partial charge in [0.2, 0.25) is 11.2 Å². The van der Waals surface area contributed by atoms with Crippen molar-refractivity contribution in [2.75, 3.05) is 0 Å². The normalized spacial score (nSPS) is 11.4. The van der Waals surface area contributed by atoms with Gasteiger partial charge in [-0.15, -0.1) is 0 Å². The first-order chi connectivity index (χ1) is 17.7. The first kappa shape index (κ1) is 25.5. The predicted molar refractivity (Wildman–Crippen MR) is 119 cm³/mol. The van der Waals surface area contributed by atoms with Crippen LogP contribution in [0.15, 0.2) is 51.7 Å². The Labute approximate surface area is 206 Å². The molecule has 1 heterocycles. The molecule has 0 fully saturated rings. The van der Waals surface area contributed by atoms with Crippen molar-refractivity contribution in [3.05, 3.63) is 78.5 Å². The highest BCUT2D eigenvalue weighted by atomic mass is 19.4. The van der Waals surface area contributed by atoms with Crippen LogP contribution in [0.5, 0.6) is 34.5 Å². The standard InChI is InChI=1S/C22H11F3N2O11/c23-22(24,25)9-4-11(26(33)34)21(12(5-9)27(35)36)37-15-3-8(1-2-13(15)29)20-19(32)18(31)17-14(30)6-10(28)7-16(17)38-20/h1-7,28-30,32H. The number of aromatic hydroxyl groups is 4. The van der Waals surface area contributed by atoms with Crippen molar-refractivity contribution < 1.29 is 52.6 Å². The van der Waals surface area contributed by atoms with Gasteiger partial charge in [-0.25, -0.2) is 0 Å². The molecule has 0 aliphatic carbocycles. The molecule has 4 rings (SSSR count). The second-order valence-electron chi connectivity index (χ2n) is 7.59. The zero-order valence-electron chi connectivity index (χ0n) is 18.2. The Balaban J connectivity index is 1.91. The van der Waals surface area contributed by atoms with Gasteiger partial charge >= 0.3 is 17.6 Å². The van der Waals surface area contributed by atoms with E-state index >= 15 is 0 Å². The van der Waals surface area contributed by atoms with Gasteiger partial charge in [0.05, 0.1) is 15.4 Å². The van der Waals surface area contributed by atoms with E-state index in [1.54, 1.807) is 0 Å². The summed E-state index contributed by atoms with van der Waals surface area (Å²) in [5.41, 5.74) is -6.36. The maximum atomic E-state index is 13.2. The molecule has 0 unspecified atom stereocenters. The molecule has 3 aromatic carbocycles. The Bertz CT molecular complexity index is 1680. The van der Waals surface area contributed by atoms with E-state index in [1.165, 1.54) is 0 Å². The van der Waals surface area contributed by atoms with Crippen LogP contribution in [0.2, 0.25) is 0 Å². The Kier molecular flexibility index (Phi) is 5.94. The van der Waals surface area contributed by atoms with Crippen molar-refractivity contribution in [2.45, 2.75) is 6.18 Å². The predicted octanol–water partition coefficient (Wildman–Crippen LogP) is 4.91. The minimum atomic E-state index is -5.18. The molecule has 0 saturated carbocycles. The zero-order chi connectivity index (χ0) is 28.1. The average Bonchev–Trinajstić information content (AvgIpc) is 2.81. The minimum absolute atomic E-state index is 0.0103. The molecule has 4 N–H and O–H groups in total. The molecular weight excluding hydrogens is 525 g/mol. The number of halogens is 3. The third-order valence-electron chi connectivity index (χ3n) is 5.14.